The number of rotatable bonds is 8. The van der Waals surface area contributed by atoms with Gasteiger partial charge in [0.2, 0.25) is 0 Å². The topological polar surface area (TPSA) is 32.3 Å². The molecule has 90 valence electrons. The second kappa shape index (κ2) is 6.49. The molecule has 0 spiro atoms. The van der Waals surface area contributed by atoms with E-state index in [1.807, 2.05) is 0 Å². The first-order valence-corrected chi connectivity index (χ1v) is 6.54. The second-order valence-corrected chi connectivity index (χ2v) is 5.41. The van der Waals surface area contributed by atoms with Crippen molar-refractivity contribution >= 4 is 0 Å². The molecule has 1 saturated carbocycles. The molecule has 15 heavy (non-hydrogen) atoms. The standard InChI is InChI=1S/C13H27NO/c1-4-5-13(11-6-7-11)14-12(9-15)8-10(2)3/h10-15H,4-9H2,1-3H3. The highest BCUT2D eigenvalue weighted by atomic mass is 16.3. The molecule has 2 atom stereocenters. The van der Waals surface area contributed by atoms with E-state index in [1.165, 1.54) is 25.7 Å². The fraction of sp³-hybridized carbons (Fsp3) is 1.00. The first kappa shape index (κ1) is 13.0. The van der Waals surface area contributed by atoms with Gasteiger partial charge >= 0.3 is 0 Å². The summed E-state index contributed by atoms with van der Waals surface area (Å²) >= 11 is 0. The zero-order chi connectivity index (χ0) is 11.3. The minimum absolute atomic E-state index is 0.283. The van der Waals surface area contributed by atoms with E-state index >= 15 is 0 Å². The Kier molecular flexibility index (Phi) is 5.62. The SMILES string of the molecule is CCCC(NC(CO)CC(C)C)C1CC1. The van der Waals surface area contributed by atoms with Crippen LogP contribution in [0.2, 0.25) is 0 Å². The van der Waals surface area contributed by atoms with E-state index in [1.54, 1.807) is 0 Å². The molecule has 1 fully saturated rings. The predicted octanol–water partition coefficient (Wildman–Crippen LogP) is 2.56. The van der Waals surface area contributed by atoms with Crippen molar-refractivity contribution < 1.29 is 5.11 Å². The van der Waals surface area contributed by atoms with Crippen molar-refractivity contribution in [3.63, 3.8) is 0 Å². The summed E-state index contributed by atoms with van der Waals surface area (Å²) in [6.45, 7) is 6.96. The van der Waals surface area contributed by atoms with Gasteiger partial charge < -0.3 is 10.4 Å². The van der Waals surface area contributed by atoms with Gasteiger partial charge in [0, 0.05) is 12.1 Å². The Morgan fingerprint density at radius 3 is 2.40 bits per heavy atom. The van der Waals surface area contributed by atoms with Crippen LogP contribution in [-0.4, -0.2) is 23.8 Å². The fourth-order valence-corrected chi connectivity index (χ4v) is 2.33. The molecule has 0 bridgehead atoms. The molecule has 2 nitrogen and oxygen atoms in total. The first-order valence-electron chi connectivity index (χ1n) is 6.54. The van der Waals surface area contributed by atoms with Gasteiger partial charge in [0.25, 0.3) is 0 Å². The summed E-state index contributed by atoms with van der Waals surface area (Å²) in [7, 11) is 0. The molecule has 0 amide bonds. The second-order valence-electron chi connectivity index (χ2n) is 5.41. The lowest BCUT2D eigenvalue weighted by molar-refractivity contribution is 0.205. The number of hydrogen-bond donors (Lipinski definition) is 2. The molecule has 0 radical (unpaired) electrons. The lowest BCUT2D eigenvalue weighted by Gasteiger charge is -2.25. The summed E-state index contributed by atoms with van der Waals surface area (Å²) < 4.78 is 0. The average molecular weight is 213 g/mol. The molecular weight excluding hydrogens is 186 g/mol. The maximum absolute atomic E-state index is 9.33. The third kappa shape index (κ3) is 4.98. The van der Waals surface area contributed by atoms with Gasteiger partial charge in [-0.25, -0.2) is 0 Å². The molecule has 0 heterocycles. The highest BCUT2D eigenvalue weighted by Crippen LogP contribution is 2.34. The van der Waals surface area contributed by atoms with Crippen LogP contribution in [0, 0.1) is 11.8 Å². The molecule has 0 aromatic rings. The minimum Gasteiger partial charge on any atom is -0.395 e. The zero-order valence-electron chi connectivity index (χ0n) is 10.5. The van der Waals surface area contributed by atoms with E-state index in [4.69, 9.17) is 0 Å². The van der Waals surface area contributed by atoms with E-state index in [0.29, 0.717) is 18.0 Å². The van der Waals surface area contributed by atoms with Crippen molar-refractivity contribution in [3.8, 4) is 0 Å². The molecule has 0 aliphatic heterocycles. The van der Waals surface area contributed by atoms with Gasteiger partial charge in [-0.1, -0.05) is 27.2 Å². The number of aliphatic hydroxyl groups is 1. The molecule has 1 aliphatic carbocycles. The van der Waals surface area contributed by atoms with Gasteiger partial charge in [-0.15, -0.1) is 0 Å². The van der Waals surface area contributed by atoms with Crippen molar-refractivity contribution in [2.24, 2.45) is 11.8 Å². The van der Waals surface area contributed by atoms with Gasteiger partial charge in [0.15, 0.2) is 0 Å². The van der Waals surface area contributed by atoms with E-state index in [9.17, 15) is 5.11 Å². The molecule has 0 saturated heterocycles. The van der Waals surface area contributed by atoms with Crippen LogP contribution in [0.5, 0.6) is 0 Å². The van der Waals surface area contributed by atoms with Crippen molar-refractivity contribution in [1.29, 1.82) is 0 Å². The van der Waals surface area contributed by atoms with Crippen LogP contribution in [0.1, 0.15) is 52.9 Å². The summed E-state index contributed by atoms with van der Waals surface area (Å²) in [5.41, 5.74) is 0. The molecule has 1 aliphatic rings. The van der Waals surface area contributed by atoms with Gasteiger partial charge in [0.05, 0.1) is 6.61 Å². The van der Waals surface area contributed by atoms with E-state index < -0.39 is 0 Å². The summed E-state index contributed by atoms with van der Waals surface area (Å²) in [5.74, 6) is 1.56. The summed E-state index contributed by atoms with van der Waals surface area (Å²) in [6, 6.07) is 0.966. The molecule has 1 rings (SSSR count). The van der Waals surface area contributed by atoms with Crippen LogP contribution in [-0.2, 0) is 0 Å². The van der Waals surface area contributed by atoms with Gasteiger partial charge in [-0.2, -0.15) is 0 Å². The van der Waals surface area contributed by atoms with Crippen LogP contribution in [0.3, 0.4) is 0 Å². The molecular formula is C13H27NO. The van der Waals surface area contributed by atoms with Crippen LogP contribution in [0.25, 0.3) is 0 Å². The summed E-state index contributed by atoms with van der Waals surface area (Å²) in [6.07, 6.45) is 6.37. The Hall–Kier alpha value is -0.0800. The lowest BCUT2D eigenvalue weighted by Crippen LogP contribution is -2.42. The van der Waals surface area contributed by atoms with Crippen LogP contribution < -0.4 is 5.32 Å². The number of nitrogens with one attached hydrogen (secondary N) is 1. The van der Waals surface area contributed by atoms with Crippen molar-refractivity contribution in [1.82, 2.24) is 5.32 Å². The fourth-order valence-electron chi connectivity index (χ4n) is 2.33. The van der Waals surface area contributed by atoms with Crippen molar-refractivity contribution in [3.05, 3.63) is 0 Å². The van der Waals surface area contributed by atoms with Crippen LogP contribution >= 0.6 is 0 Å². The average Bonchev–Trinajstić information content (AvgIpc) is 2.98. The smallest absolute Gasteiger partial charge is 0.0584 e. The molecule has 2 heteroatoms. The van der Waals surface area contributed by atoms with Gasteiger partial charge in [0.1, 0.15) is 0 Å². The highest BCUT2D eigenvalue weighted by Gasteiger charge is 2.31. The summed E-state index contributed by atoms with van der Waals surface area (Å²) in [5, 5.41) is 13.0. The Balaban J connectivity index is 2.32. The Morgan fingerprint density at radius 1 is 1.33 bits per heavy atom. The van der Waals surface area contributed by atoms with E-state index in [-0.39, 0.29) is 6.61 Å². The maximum Gasteiger partial charge on any atom is 0.0584 e. The van der Waals surface area contributed by atoms with Crippen LogP contribution in [0.15, 0.2) is 0 Å². The first-order chi connectivity index (χ1) is 7.17. The van der Waals surface area contributed by atoms with Gasteiger partial charge in [-0.05, 0) is 37.5 Å². The highest BCUT2D eigenvalue weighted by molar-refractivity contribution is 4.88. The Labute approximate surface area is 94.5 Å². The molecule has 0 aromatic carbocycles. The monoisotopic (exact) mass is 213 g/mol. The molecule has 2 unspecified atom stereocenters. The lowest BCUT2D eigenvalue weighted by atomic mass is 10.0. The zero-order valence-corrected chi connectivity index (χ0v) is 10.5. The number of hydrogen-bond acceptors (Lipinski definition) is 2. The van der Waals surface area contributed by atoms with Gasteiger partial charge in [-0.3, -0.25) is 0 Å². The van der Waals surface area contributed by atoms with Crippen molar-refractivity contribution in [2.45, 2.75) is 65.0 Å². The van der Waals surface area contributed by atoms with Crippen LogP contribution in [0.4, 0.5) is 0 Å². The minimum atomic E-state index is 0.283. The largest absolute Gasteiger partial charge is 0.395 e. The Morgan fingerprint density at radius 2 is 2.00 bits per heavy atom. The normalized spacial score (nSPS) is 20.6. The quantitative estimate of drug-likeness (QED) is 0.649. The maximum atomic E-state index is 9.33. The van der Waals surface area contributed by atoms with E-state index in [2.05, 4.69) is 26.1 Å². The summed E-state index contributed by atoms with van der Waals surface area (Å²) in [4.78, 5) is 0. The molecule has 2 N–H and O–H groups in total. The Bertz CT molecular complexity index is 166. The van der Waals surface area contributed by atoms with Crippen molar-refractivity contribution in [2.75, 3.05) is 6.61 Å². The van der Waals surface area contributed by atoms with E-state index in [0.717, 1.165) is 12.3 Å². The predicted molar refractivity (Wildman–Crippen MR) is 64.9 cm³/mol. The molecule has 0 aromatic heterocycles. The number of aliphatic hydroxyl groups excluding tert-OH is 1. The third-order valence-corrected chi connectivity index (χ3v) is 3.22. The third-order valence-electron chi connectivity index (χ3n) is 3.22.